The molecule has 0 spiro atoms. The Hall–Kier alpha value is -2.48. The third-order valence-corrected chi connectivity index (χ3v) is 4.97. The third kappa shape index (κ3) is 6.79. The smallest absolute Gasteiger partial charge is 0.311 e. The lowest BCUT2D eigenvalue weighted by molar-refractivity contribution is -0.154. The first-order valence-electron chi connectivity index (χ1n) is 9.68. The Morgan fingerprint density at radius 3 is 2.30 bits per heavy atom. The van der Waals surface area contributed by atoms with Gasteiger partial charge in [-0.25, -0.2) is 0 Å². The molecular formula is C24H25Cl2NO3. The van der Waals surface area contributed by atoms with Crippen molar-refractivity contribution in [3.63, 3.8) is 0 Å². The Balaban J connectivity index is 2.18. The van der Waals surface area contributed by atoms with Crippen LogP contribution in [-0.2, 0) is 9.53 Å². The Morgan fingerprint density at radius 2 is 1.73 bits per heavy atom. The summed E-state index contributed by atoms with van der Waals surface area (Å²) in [6.07, 6.45) is 0.551. The van der Waals surface area contributed by atoms with Crippen LogP contribution in [0.1, 0.15) is 38.0 Å². The van der Waals surface area contributed by atoms with Gasteiger partial charge in [-0.3, -0.25) is 4.79 Å². The molecule has 2 aromatic rings. The van der Waals surface area contributed by atoms with E-state index < -0.39 is 18.0 Å². The number of benzene rings is 2. The average Bonchev–Trinajstić information content (AvgIpc) is 2.67. The van der Waals surface area contributed by atoms with Crippen LogP contribution in [0.3, 0.4) is 0 Å². The lowest BCUT2D eigenvalue weighted by Crippen LogP contribution is -2.29. The number of carbonyl (C=O) groups is 1. The number of allylic oxidation sites excluding steroid dienone is 1. The van der Waals surface area contributed by atoms with E-state index in [2.05, 4.69) is 6.07 Å². The van der Waals surface area contributed by atoms with Crippen LogP contribution in [0, 0.1) is 36.0 Å². The summed E-state index contributed by atoms with van der Waals surface area (Å²) in [7, 11) is 0. The highest BCUT2D eigenvalue weighted by molar-refractivity contribution is 6.55. The second-order valence-electron chi connectivity index (χ2n) is 7.52. The van der Waals surface area contributed by atoms with Crippen molar-refractivity contribution in [3.05, 3.63) is 70.2 Å². The Morgan fingerprint density at radius 1 is 1.07 bits per heavy atom. The molecule has 0 saturated heterocycles. The number of nitriles is 1. The van der Waals surface area contributed by atoms with Crippen LogP contribution in [0.15, 0.2) is 59.1 Å². The van der Waals surface area contributed by atoms with E-state index in [0.717, 1.165) is 5.56 Å². The molecule has 4 nitrogen and oxygen atoms in total. The summed E-state index contributed by atoms with van der Waals surface area (Å²) in [5, 5.41) is 9.62. The molecule has 0 bridgehead atoms. The van der Waals surface area contributed by atoms with Crippen LogP contribution < -0.4 is 4.74 Å². The van der Waals surface area contributed by atoms with Crippen molar-refractivity contribution >= 4 is 29.2 Å². The predicted octanol–water partition coefficient (Wildman–Crippen LogP) is 7.12. The zero-order valence-corrected chi connectivity index (χ0v) is 18.9. The van der Waals surface area contributed by atoms with Gasteiger partial charge in [0.25, 0.3) is 0 Å². The minimum absolute atomic E-state index is 0.0213. The average molecular weight is 446 g/mol. The summed E-state index contributed by atoms with van der Waals surface area (Å²) in [5.74, 6) is 0.0186. The minimum atomic E-state index is -1.05. The zero-order valence-electron chi connectivity index (χ0n) is 17.4. The highest BCUT2D eigenvalue weighted by Gasteiger charge is 2.31. The Kier molecular flexibility index (Phi) is 8.77. The molecule has 3 atom stereocenters. The third-order valence-electron chi connectivity index (χ3n) is 4.71. The fraction of sp³-hybridized carbons (Fsp3) is 0.333. The molecule has 30 heavy (non-hydrogen) atoms. The SMILES string of the molecule is Cc1ccc(Oc2cccc(C(C#N)OC(=O)C(C(C)C)C(C)C=C(Cl)Cl)c2)cc1. The zero-order chi connectivity index (χ0) is 22.3. The molecule has 6 heteroatoms. The van der Waals surface area contributed by atoms with Gasteiger partial charge in [-0.15, -0.1) is 0 Å². The second-order valence-corrected chi connectivity index (χ2v) is 8.53. The molecular weight excluding hydrogens is 421 g/mol. The molecule has 0 aliphatic carbocycles. The van der Waals surface area contributed by atoms with Crippen molar-refractivity contribution in [2.45, 2.75) is 33.8 Å². The van der Waals surface area contributed by atoms with Crippen LogP contribution in [0.25, 0.3) is 0 Å². The number of hydrogen-bond donors (Lipinski definition) is 0. The van der Waals surface area contributed by atoms with Crippen molar-refractivity contribution in [1.29, 1.82) is 5.26 Å². The highest BCUT2D eigenvalue weighted by atomic mass is 35.5. The second kappa shape index (κ2) is 11.1. The molecule has 0 fully saturated rings. The molecule has 0 saturated carbocycles. The summed E-state index contributed by atoms with van der Waals surface area (Å²) < 4.78 is 11.5. The quantitative estimate of drug-likeness (QED) is 0.405. The van der Waals surface area contributed by atoms with Gasteiger partial charge in [0.05, 0.1) is 5.92 Å². The number of ether oxygens (including phenoxy) is 2. The Labute approximate surface area is 188 Å². The van der Waals surface area contributed by atoms with Crippen LogP contribution >= 0.6 is 23.2 Å². The molecule has 0 N–H and O–H groups in total. The summed E-state index contributed by atoms with van der Waals surface area (Å²) in [5.41, 5.74) is 1.67. The lowest BCUT2D eigenvalue weighted by Gasteiger charge is -2.25. The molecule has 0 aliphatic rings. The number of rotatable bonds is 8. The molecule has 0 aromatic heterocycles. The van der Waals surface area contributed by atoms with Gasteiger partial charge >= 0.3 is 5.97 Å². The molecule has 2 rings (SSSR count). The van der Waals surface area contributed by atoms with Crippen LogP contribution in [0.5, 0.6) is 11.5 Å². The normalized spacial score (nSPS) is 13.7. The first-order chi connectivity index (χ1) is 14.2. The molecule has 0 heterocycles. The van der Waals surface area contributed by atoms with E-state index in [4.69, 9.17) is 32.7 Å². The summed E-state index contributed by atoms with van der Waals surface area (Å²) >= 11 is 11.5. The van der Waals surface area contributed by atoms with Crippen molar-refractivity contribution in [3.8, 4) is 17.6 Å². The maximum Gasteiger partial charge on any atom is 0.311 e. The van der Waals surface area contributed by atoms with E-state index in [0.29, 0.717) is 17.1 Å². The minimum Gasteiger partial charge on any atom is -0.457 e. The van der Waals surface area contributed by atoms with Crippen LogP contribution in [0.2, 0.25) is 0 Å². The molecule has 0 radical (unpaired) electrons. The largest absolute Gasteiger partial charge is 0.457 e. The van der Waals surface area contributed by atoms with Crippen LogP contribution in [0.4, 0.5) is 0 Å². The standard InChI is InChI=1S/C24H25Cl2NO3/c1-15(2)23(17(4)12-22(25)26)24(28)30-21(14-27)18-6-5-7-20(13-18)29-19-10-8-16(3)9-11-19/h5-13,15,17,21,23H,1-4H3. The fourth-order valence-electron chi connectivity index (χ4n) is 3.24. The fourth-order valence-corrected chi connectivity index (χ4v) is 3.64. The van der Waals surface area contributed by atoms with Crippen molar-refractivity contribution in [2.75, 3.05) is 0 Å². The molecule has 3 unspecified atom stereocenters. The van der Waals surface area contributed by atoms with E-state index in [9.17, 15) is 10.1 Å². The van der Waals surface area contributed by atoms with Gasteiger partial charge < -0.3 is 9.47 Å². The number of carbonyl (C=O) groups excluding carboxylic acids is 1. The monoisotopic (exact) mass is 445 g/mol. The van der Waals surface area contributed by atoms with Crippen molar-refractivity contribution in [1.82, 2.24) is 0 Å². The van der Waals surface area contributed by atoms with Gasteiger partial charge in [0.2, 0.25) is 6.10 Å². The molecule has 0 aliphatic heterocycles. The number of nitrogens with zero attached hydrogens (tertiary/aromatic N) is 1. The number of halogens is 2. The molecule has 0 amide bonds. The molecule has 2 aromatic carbocycles. The predicted molar refractivity (Wildman–Crippen MR) is 119 cm³/mol. The number of esters is 1. The van der Waals surface area contributed by atoms with Gasteiger partial charge in [-0.1, -0.05) is 79.9 Å². The summed E-state index contributed by atoms with van der Waals surface area (Å²) in [6, 6.07) is 16.7. The van der Waals surface area contributed by atoms with Crippen molar-refractivity contribution < 1.29 is 14.3 Å². The number of hydrogen-bond acceptors (Lipinski definition) is 4. The van der Waals surface area contributed by atoms with Crippen LogP contribution in [-0.4, -0.2) is 5.97 Å². The first kappa shape index (κ1) is 23.8. The lowest BCUT2D eigenvalue weighted by atomic mass is 9.84. The van der Waals surface area contributed by atoms with Gasteiger partial charge in [-0.2, -0.15) is 5.26 Å². The van der Waals surface area contributed by atoms with E-state index in [-0.39, 0.29) is 16.3 Å². The van der Waals surface area contributed by atoms with Gasteiger partial charge in [0.1, 0.15) is 22.1 Å². The van der Waals surface area contributed by atoms with Gasteiger partial charge in [-0.05, 0) is 43.0 Å². The van der Waals surface area contributed by atoms with E-state index >= 15 is 0 Å². The summed E-state index contributed by atoms with van der Waals surface area (Å²) in [6.45, 7) is 7.66. The summed E-state index contributed by atoms with van der Waals surface area (Å²) in [4.78, 5) is 12.8. The van der Waals surface area contributed by atoms with Gasteiger partial charge in [0.15, 0.2) is 0 Å². The highest BCUT2D eigenvalue weighted by Crippen LogP contribution is 2.30. The molecule has 158 valence electrons. The topological polar surface area (TPSA) is 59.3 Å². The Bertz CT molecular complexity index is 928. The van der Waals surface area contributed by atoms with E-state index in [1.54, 1.807) is 30.3 Å². The number of aryl methyl sites for hydroxylation is 1. The maximum atomic E-state index is 12.8. The maximum absolute atomic E-state index is 12.8. The van der Waals surface area contributed by atoms with E-state index in [1.165, 1.54) is 0 Å². The van der Waals surface area contributed by atoms with Gasteiger partial charge in [0, 0.05) is 5.56 Å². The first-order valence-corrected chi connectivity index (χ1v) is 10.4. The van der Waals surface area contributed by atoms with E-state index in [1.807, 2.05) is 52.0 Å². The van der Waals surface area contributed by atoms with Crippen molar-refractivity contribution in [2.24, 2.45) is 17.8 Å².